The van der Waals surface area contributed by atoms with E-state index in [-0.39, 0.29) is 16.5 Å². The highest BCUT2D eigenvalue weighted by Gasteiger charge is 2.40. The molecule has 0 unspecified atom stereocenters. The average Bonchev–Trinajstić information content (AvgIpc) is 2.44. The molecule has 0 aromatic carbocycles. The third-order valence-electron chi connectivity index (χ3n) is 5.53. The van der Waals surface area contributed by atoms with Gasteiger partial charge in [-0.05, 0) is 58.2 Å². The van der Waals surface area contributed by atoms with Crippen molar-refractivity contribution >= 4 is 20.7 Å². The van der Waals surface area contributed by atoms with Gasteiger partial charge in [-0.25, -0.2) is 4.79 Å². The second-order valence-electron chi connectivity index (χ2n) is 9.81. The van der Waals surface area contributed by atoms with E-state index in [9.17, 15) is 9.59 Å². The zero-order chi connectivity index (χ0) is 19.5. The number of likely N-dealkylation sites (tertiary alicyclic amines) is 1. The van der Waals surface area contributed by atoms with Crippen molar-refractivity contribution in [2.75, 3.05) is 19.7 Å². The summed E-state index contributed by atoms with van der Waals surface area (Å²) in [4.78, 5) is 25.6. The first-order valence-electron chi connectivity index (χ1n) is 9.30. The van der Waals surface area contributed by atoms with Crippen molar-refractivity contribution in [1.29, 1.82) is 0 Å². The van der Waals surface area contributed by atoms with Gasteiger partial charge in [-0.15, -0.1) is 0 Å². The Morgan fingerprint density at radius 1 is 1.12 bits per heavy atom. The maximum absolute atomic E-state index is 12.2. The lowest BCUT2D eigenvalue weighted by Gasteiger charge is -2.40. The van der Waals surface area contributed by atoms with E-state index in [0.717, 1.165) is 12.7 Å². The number of carbonyl (C=O) groups excluding carboxylic acids is 2. The molecule has 1 aliphatic rings. The first-order chi connectivity index (χ1) is 11.2. The fraction of sp³-hybridized carbons (Fsp3) is 0.895. The van der Waals surface area contributed by atoms with E-state index in [4.69, 9.17) is 9.16 Å². The Balaban J connectivity index is 2.55. The standard InChI is InChI=1S/C19H37NO4Si/c1-17(2,3)24-16(22)20-12-9-19(15-21,10-13-20)11-14-23-25(7,8)18(4,5)6/h15H,9-14H2,1-8H3. The van der Waals surface area contributed by atoms with Crippen LogP contribution in [-0.2, 0) is 14.0 Å². The summed E-state index contributed by atoms with van der Waals surface area (Å²) in [5, 5.41) is 0.168. The van der Waals surface area contributed by atoms with E-state index in [1.807, 2.05) is 20.8 Å². The van der Waals surface area contributed by atoms with Gasteiger partial charge in [0.2, 0.25) is 0 Å². The minimum Gasteiger partial charge on any atom is -0.444 e. The Kier molecular flexibility index (Phi) is 6.90. The molecule has 0 aliphatic carbocycles. The maximum atomic E-state index is 12.2. The van der Waals surface area contributed by atoms with Crippen LogP contribution in [0.25, 0.3) is 0 Å². The Morgan fingerprint density at radius 2 is 1.64 bits per heavy atom. The van der Waals surface area contributed by atoms with Crippen molar-refractivity contribution in [2.45, 2.75) is 84.5 Å². The number of ether oxygens (including phenoxy) is 1. The van der Waals surface area contributed by atoms with Crippen LogP contribution in [0.2, 0.25) is 18.1 Å². The minimum atomic E-state index is -1.79. The van der Waals surface area contributed by atoms with Crippen LogP contribution in [0, 0.1) is 5.41 Å². The average molecular weight is 372 g/mol. The summed E-state index contributed by atoms with van der Waals surface area (Å²) in [6.07, 6.45) is 2.87. The molecule has 0 radical (unpaired) electrons. The van der Waals surface area contributed by atoms with Crippen LogP contribution in [0.4, 0.5) is 4.79 Å². The number of hydrogen-bond donors (Lipinski definition) is 0. The quantitative estimate of drug-likeness (QED) is 0.523. The summed E-state index contributed by atoms with van der Waals surface area (Å²) < 4.78 is 11.7. The van der Waals surface area contributed by atoms with Gasteiger partial charge >= 0.3 is 6.09 Å². The van der Waals surface area contributed by atoms with Gasteiger partial charge in [0.05, 0.1) is 0 Å². The zero-order valence-electron chi connectivity index (χ0n) is 17.4. The van der Waals surface area contributed by atoms with Crippen LogP contribution >= 0.6 is 0 Å². The van der Waals surface area contributed by atoms with Gasteiger partial charge in [-0.1, -0.05) is 20.8 Å². The second kappa shape index (κ2) is 7.78. The molecular weight excluding hydrogens is 334 g/mol. The van der Waals surface area contributed by atoms with Gasteiger partial charge in [-0.2, -0.15) is 0 Å². The normalized spacial score (nSPS) is 18.8. The molecule has 1 heterocycles. The molecule has 0 bridgehead atoms. The molecule has 5 nitrogen and oxygen atoms in total. The highest BCUT2D eigenvalue weighted by Crippen LogP contribution is 2.38. The van der Waals surface area contributed by atoms with E-state index >= 15 is 0 Å². The minimum absolute atomic E-state index is 0.168. The zero-order valence-corrected chi connectivity index (χ0v) is 18.4. The number of hydrogen-bond acceptors (Lipinski definition) is 4. The van der Waals surface area contributed by atoms with Crippen LogP contribution in [0.15, 0.2) is 0 Å². The third kappa shape index (κ3) is 6.41. The molecule has 146 valence electrons. The maximum Gasteiger partial charge on any atom is 0.410 e. The van der Waals surface area contributed by atoms with Crippen molar-refractivity contribution in [1.82, 2.24) is 4.90 Å². The lowest BCUT2D eigenvalue weighted by molar-refractivity contribution is -0.119. The fourth-order valence-electron chi connectivity index (χ4n) is 2.61. The predicted molar refractivity (Wildman–Crippen MR) is 103 cm³/mol. The topological polar surface area (TPSA) is 55.8 Å². The summed E-state index contributed by atoms with van der Waals surface area (Å²) in [6, 6.07) is 0. The number of piperidine rings is 1. The fourth-order valence-corrected chi connectivity index (χ4v) is 3.66. The molecule has 1 rings (SSSR count). The predicted octanol–water partition coefficient (Wildman–Crippen LogP) is 4.61. The molecule has 1 fully saturated rings. The largest absolute Gasteiger partial charge is 0.444 e. The van der Waals surface area contributed by atoms with E-state index in [0.29, 0.717) is 32.5 Å². The van der Waals surface area contributed by atoms with Crippen molar-refractivity contribution < 1.29 is 18.8 Å². The molecule has 1 saturated heterocycles. The summed E-state index contributed by atoms with van der Waals surface area (Å²) in [5.41, 5.74) is -0.867. The molecular formula is C19H37NO4Si. The Bertz CT molecular complexity index is 469. The van der Waals surface area contributed by atoms with Crippen molar-refractivity contribution in [3.63, 3.8) is 0 Å². The molecule has 0 atom stereocenters. The molecule has 0 aromatic rings. The summed E-state index contributed by atoms with van der Waals surface area (Å²) >= 11 is 0. The van der Waals surface area contributed by atoms with Crippen molar-refractivity contribution in [3.05, 3.63) is 0 Å². The molecule has 0 saturated carbocycles. The molecule has 25 heavy (non-hydrogen) atoms. The van der Waals surface area contributed by atoms with Crippen molar-refractivity contribution in [2.24, 2.45) is 5.41 Å². The Labute approximate surface area is 154 Å². The molecule has 0 aromatic heterocycles. The smallest absolute Gasteiger partial charge is 0.410 e. The second-order valence-corrected chi connectivity index (χ2v) is 14.6. The van der Waals surface area contributed by atoms with E-state index in [2.05, 4.69) is 33.9 Å². The molecule has 6 heteroatoms. The first-order valence-corrected chi connectivity index (χ1v) is 12.2. The van der Waals surface area contributed by atoms with Crippen LogP contribution in [-0.4, -0.2) is 50.9 Å². The van der Waals surface area contributed by atoms with Crippen molar-refractivity contribution in [3.8, 4) is 0 Å². The lowest BCUT2D eigenvalue weighted by Crippen LogP contribution is -2.47. The van der Waals surface area contributed by atoms with Gasteiger partial charge < -0.3 is 18.9 Å². The number of carbonyl (C=O) groups is 2. The van der Waals surface area contributed by atoms with Crippen LogP contribution in [0.1, 0.15) is 60.8 Å². The number of rotatable bonds is 5. The van der Waals surface area contributed by atoms with Gasteiger partial charge in [0, 0.05) is 25.1 Å². The summed E-state index contributed by atoms with van der Waals surface area (Å²) in [6.45, 7) is 18.4. The van der Waals surface area contributed by atoms with E-state index < -0.39 is 13.9 Å². The van der Waals surface area contributed by atoms with Gasteiger partial charge in [0.15, 0.2) is 8.32 Å². The lowest BCUT2D eigenvalue weighted by atomic mass is 9.77. The van der Waals surface area contributed by atoms with Crippen LogP contribution in [0.5, 0.6) is 0 Å². The highest BCUT2D eigenvalue weighted by atomic mass is 28.4. The molecule has 1 aliphatic heterocycles. The third-order valence-corrected chi connectivity index (χ3v) is 10.1. The number of amides is 1. The number of aldehydes is 1. The SMILES string of the molecule is CC(C)(C)OC(=O)N1CCC(C=O)(CCO[Si](C)(C)C(C)(C)C)CC1. The van der Waals surface area contributed by atoms with E-state index in [1.165, 1.54) is 0 Å². The molecule has 0 N–H and O–H groups in total. The molecule has 0 spiro atoms. The molecule has 1 amide bonds. The Morgan fingerprint density at radius 3 is 2.04 bits per heavy atom. The van der Waals surface area contributed by atoms with Crippen LogP contribution in [0.3, 0.4) is 0 Å². The highest BCUT2D eigenvalue weighted by molar-refractivity contribution is 6.74. The summed E-state index contributed by atoms with van der Waals surface area (Å²) in [7, 11) is -1.79. The van der Waals surface area contributed by atoms with E-state index in [1.54, 1.807) is 4.90 Å². The van der Waals surface area contributed by atoms with Gasteiger partial charge in [-0.3, -0.25) is 0 Å². The monoisotopic (exact) mass is 371 g/mol. The number of nitrogens with zero attached hydrogens (tertiary/aromatic N) is 1. The first kappa shape index (κ1) is 22.2. The van der Waals surface area contributed by atoms with Gasteiger partial charge in [0.1, 0.15) is 11.9 Å². The van der Waals surface area contributed by atoms with Crippen LogP contribution < -0.4 is 0 Å². The Hall–Kier alpha value is -0.883. The van der Waals surface area contributed by atoms with Gasteiger partial charge in [0.25, 0.3) is 0 Å². The summed E-state index contributed by atoms with van der Waals surface area (Å²) in [5.74, 6) is 0.